The molecule has 0 unspecified atom stereocenters. The first kappa shape index (κ1) is 20.6. The van der Waals surface area contributed by atoms with Crippen molar-refractivity contribution in [1.29, 1.82) is 0 Å². The molecule has 9 heteroatoms. The summed E-state index contributed by atoms with van der Waals surface area (Å²) in [5.74, 6) is -1.43. The van der Waals surface area contributed by atoms with Crippen LogP contribution in [0.15, 0.2) is 0 Å². The lowest BCUT2D eigenvalue weighted by Gasteiger charge is -2.03. The Kier molecular flexibility index (Phi) is 6.37. The fourth-order valence-electron chi connectivity index (χ4n) is 2.68. The molecule has 0 radical (unpaired) electrons. The van der Waals surface area contributed by atoms with Gasteiger partial charge in [0, 0.05) is 10.6 Å². The number of carbonyl (C=O) groups is 3. The molecule has 2 N–H and O–H groups in total. The number of aryl methyl sites for hydroxylation is 1. The number of thiazole rings is 1. The fraction of sp³-hybridized carbons (Fsp3) is 0.444. The molecule has 0 saturated heterocycles. The van der Waals surface area contributed by atoms with Gasteiger partial charge in [-0.05, 0) is 32.3 Å². The number of anilines is 1. The average Bonchev–Trinajstić information content (AvgIpc) is 3.15. The molecule has 0 saturated carbocycles. The summed E-state index contributed by atoms with van der Waals surface area (Å²) in [6.07, 6.45) is 0. The number of ether oxygens (including phenoxy) is 2. The fourth-order valence-corrected chi connectivity index (χ4v) is 3.63. The third-order valence-corrected chi connectivity index (χ3v) is 5.19. The number of methoxy groups -OCH3 is 1. The van der Waals surface area contributed by atoms with Gasteiger partial charge in [0.2, 0.25) is 0 Å². The molecule has 1 amide bonds. The number of rotatable bonds is 6. The van der Waals surface area contributed by atoms with E-state index in [1.807, 2.05) is 13.8 Å². The van der Waals surface area contributed by atoms with Crippen molar-refractivity contribution in [2.24, 2.45) is 0 Å². The summed E-state index contributed by atoms with van der Waals surface area (Å²) in [4.78, 5) is 44.5. The number of esters is 2. The minimum absolute atomic E-state index is 0.0494. The maximum Gasteiger partial charge on any atom is 0.357 e. The third-order valence-electron chi connectivity index (χ3n) is 3.92. The molecule has 0 aliphatic carbocycles. The number of nitrogens with zero attached hydrogens (tertiary/aromatic N) is 1. The molecule has 2 aromatic heterocycles. The zero-order valence-electron chi connectivity index (χ0n) is 16.2. The Morgan fingerprint density at radius 2 is 1.89 bits per heavy atom. The molecule has 27 heavy (non-hydrogen) atoms. The first-order chi connectivity index (χ1) is 12.7. The number of hydrogen-bond donors (Lipinski definition) is 2. The summed E-state index contributed by atoms with van der Waals surface area (Å²) in [5.41, 5.74) is 1.83. The molecule has 8 nitrogen and oxygen atoms in total. The van der Waals surface area contributed by atoms with Crippen molar-refractivity contribution in [3.8, 4) is 0 Å². The Balaban J connectivity index is 2.33. The summed E-state index contributed by atoms with van der Waals surface area (Å²) in [7, 11) is 1.29. The second-order valence-corrected chi connectivity index (χ2v) is 7.21. The molecule has 0 aliphatic rings. The highest BCUT2D eigenvalue weighted by Gasteiger charge is 2.25. The van der Waals surface area contributed by atoms with E-state index in [1.54, 1.807) is 20.8 Å². The van der Waals surface area contributed by atoms with E-state index in [2.05, 4.69) is 15.3 Å². The maximum atomic E-state index is 12.7. The van der Waals surface area contributed by atoms with E-state index >= 15 is 0 Å². The van der Waals surface area contributed by atoms with Crippen molar-refractivity contribution < 1.29 is 23.9 Å². The first-order valence-corrected chi connectivity index (χ1v) is 9.29. The van der Waals surface area contributed by atoms with E-state index in [9.17, 15) is 14.4 Å². The Morgan fingerprint density at radius 1 is 1.22 bits per heavy atom. The molecule has 0 fully saturated rings. The van der Waals surface area contributed by atoms with Crippen molar-refractivity contribution >= 4 is 34.3 Å². The summed E-state index contributed by atoms with van der Waals surface area (Å²) in [5, 5.41) is 3.00. The van der Waals surface area contributed by atoms with Crippen LogP contribution in [-0.4, -0.2) is 41.5 Å². The van der Waals surface area contributed by atoms with Gasteiger partial charge in [-0.25, -0.2) is 14.6 Å². The highest BCUT2D eigenvalue weighted by Crippen LogP contribution is 2.31. The van der Waals surface area contributed by atoms with Gasteiger partial charge in [0.05, 0.1) is 19.3 Å². The van der Waals surface area contributed by atoms with Gasteiger partial charge in [-0.15, -0.1) is 11.3 Å². The van der Waals surface area contributed by atoms with Gasteiger partial charge < -0.3 is 14.5 Å². The molecule has 0 spiro atoms. The van der Waals surface area contributed by atoms with Gasteiger partial charge in [-0.2, -0.15) is 0 Å². The summed E-state index contributed by atoms with van der Waals surface area (Å²) in [6, 6.07) is 0. The lowest BCUT2D eigenvalue weighted by molar-refractivity contribution is 0.0518. The zero-order chi connectivity index (χ0) is 20.3. The monoisotopic (exact) mass is 393 g/mol. The number of aromatic nitrogens is 2. The van der Waals surface area contributed by atoms with E-state index in [0.29, 0.717) is 22.0 Å². The quantitative estimate of drug-likeness (QED) is 0.728. The molecule has 2 rings (SSSR count). The predicted molar refractivity (Wildman–Crippen MR) is 102 cm³/mol. The number of amides is 1. The average molecular weight is 393 g/mol. The summed E-state index contributed by atoms with van der Waals surface area (Å²) >= 11 is 1.22. The van der Waals surface area contributed by atoms with Crippen LogP contribution >= 0.6 is 11.3 Å². The normalized spacial score (nSPS) is 10.8. The standard InChI is InChI=1S/C18H23N3O5S/c1-7-26-17(24)12-9(4)11(10(5)19-12)15(22)21-18-20-13(16(23)25-6)14(27-18)8(2)3/h8,19H,7H2,1-6H3,(H,20,21,22). The Morgan fingerprint density at radius 3 is 2.44 bits per heavy atom. The number of aromatic amines is 1. The Hall–Kier alpha value is -2.68. The summed E-state index contributed by atoms with van der Waals surface area (Å²) in [6.45, 7) is 9.18. The molecule has 0 bridgehead atoms. The Labute approximate surface area is 161 Å². The van der Waals surface area contributed by atoms with Gasteiger partial charge in [-0.1, -0.05) is 13.8 Å². The molecule has 0 aromatic carbocycles. The lowest BCUT2D eigenvalue weighted by atomic mass is 10.1. The van der Waals surface area contributed by atoms with Crippen LogP contribution in [0.2, 0.25) is 0 Å². The van der Waals surface area contributed by atoms with E-state index in [-0.39, 0.29) is 23.9 Å². The van der Waals surface area contributed by atoms with Crippen molar-refractivity contribution in [3.63, 3.8) is 0 Å². The molecule has 0 aliphatic heterocycles. The maximum absolute atomic E-state index is 12.7. The SMILES string of the molecule is CCOC(=O)c1[nH]c(C)c(C(=O)Nc2nc(C(=O)OC)c(C(C)C)s2)c1C. The van der Waals surface area contributed by atoms with Gasteiger partial charge >= 0.3 is 11.9 Å². The van der Waals surface area contributed by atoms with Crippen molar-refractivity contribution in [2.45, 2.75) is 40.5 Å². The molecule has 2 aromatic rings. The van der Waals surface area contributed by atoms with Crippen LogP contribution < -0.4 is 5.32 Å². The largest absolute Gasteiger partial charge is 0.464 e. The second kappa shape index (κ2) is 8.34. The van der Waals surface area contributed by atoms with Crippen LogP contribution in [0.3, 0.4) is 0 Å². The molecule has 0 atom stereocenters. The van der Waals surface area contributed by atoms with E-state index in [0.717, 1.165) is 4.88 Å². The van der Waals surface area contributed by atoms with E-state index < -0.39 is 17.8 Å². The second-order valence-electron chi connectivity index (χ2n) is 6.18. The minimum Gasteiger partial charge on any atom is -0.464 e. The first-order valence-electron chi connectivity index (χ1n) is 8.47. The topological polar surface area (TPSA) is 110 Å². The number of carbonyl (C=O) groups excluding carboxylic acids is 3. The van der Waals surface area contributed by atoms with Crippen LogP contribution in [0.1, 0.15) is 74.2 Å². The Bertz CT molecular complexity index is 882. The van der Waals surface area contributed by atoms with Crippen LogP contribution in [0.25, 0.3) is 0 Å². The van der Waals surface area contributed by atoms with Crippen molar-refractivity contribution in [3.05, 3.63) is 33.1 Å². The number of hydrogen-bond acceptors (Lipinski definition) is 7. The van der Waals surface area contributed by atoms with Crippen LogP contribution in [0.5, 0.6) is 0 Å². The zero-order valence-corrected chi connectivity index (χ0v) is 17.0. The van der Waals surface area contributed by atoms with E-state index in [1.165, 1.54) is 18.4 Å². The molecule has 2 heterocycles. The highest BCUT2D eigenvalue weighted by molar-refractivity contribution is 7.16. The van der Waals surface area contributed by atoms with Crippen LogP contribution in [0, 0.1) is 13.8 Å². The summed E-state index contributed by atoms with van der Waals surface area (Å²) < 4.78 is 9.75. The van der Waals surface area contributed by atoms with Crippen molar-refractivity contribution in [2.75, 3.05) is 19.0 Å². The number of nitrogens with one attached hydrogen (secondary N) is 2. The molecule has 146 valence electrons. The lowest BCUT2D eigenvalue weighted by Crippen LogP contribution is -2.14. The van der Waals surface area contributed by atoms with E-state index in [4.69, 9.17) is 9.47 Å². The predicted octanol–water partition coefficient (Wildman–Crippen LogP) is 3.43. The minimum atomic E-state index is -0.547. The highest BCUT2D eigenvalue weighted by atomic mass is 32.1. The molecular formula is C18H23N3O5S. The molecular weight excluding hydrogens is 370 g/mol. The van der Waals surface area contributed by atoms with Crippen LogP contribution in [-0.2, 0) is 9.47 Å². The van der Waals surface area contributed by atoms with Gasteiger partial charge in [0.1, 0.15) is 5.69 Å². The van der Waals surface area contributed by atoms with Crippen molar-refractivity contribution in [1.82, 2.24) is 9.97 Å². The van der Waals surface area contributed by atoms with Gasteiger partial charge in [-0.3, -0.25) is 10.1 Å². The third kappa shape index (κ3) is 4.19. The van der Waals surface area contributed by atoms with Gasteiger partial charge in [0.25, 0.3) is 5.91 Å². The van der Waals surface area contributed by atoms with Crippen LogP contribution in [0.4, 0.5) is 5.13 Å². The smallest absolute Gasteiger partial charge is 0.357 e. The van der Waals surface area contributed by atoms with Gasteiger partial charge in [0.15, 0.2) is 10.8 Å². The number of H-pyrrole nitrogens is 1.